The van der Waals surface area contributed by atoms with Crippen LogP contribution >= 0.6 is 0 Å². The molecule has 3 aromatic rings. The van der Waals surface area contributed by atoms with Crippen LogP contribution in [-0.2, 0) is 16.0 Å². The molecular formula is C30H33F3N4O4. The van der Waals surface area contributed by atoms with E-state index in [9.17, 15) is 27.9 Å². The molecule has 0 spiro atoms. The van der Waals surface area contributed by atoms with Crippen LogP contribution in [0.15, 0.2) is 54.7 Å². The Balaban J connectivity index is 1.72. The molecule has 8 nitrogen and oxygen atoms in total. The third kappa shape index (κ3) is 7.49. The summed E-state index contributed by atoms with van der Waals surface area (Å²) in [6.45, 7) is 5.79. The van der Waals surface area contributed by atoms with Gasteiger partial charge in [-0.05, 0) is 81.5 Å². The van der Waals surface area contributed by atoms with Crippen molar-refractivity contribution in [2.24, 2.45) is 5.73 Å². The van der Waals surface area contributed by atoms with Gasteiger partial charge in [-0.2, -0.15) is 0 Å². The van der Waals surface area contributed by atoms with Gasteiger partial charge in [-0.1, -0.05) is 12.1 Å². The van der Waals surface area contributed by atoms with E-state index in [1.165, 1.54) is 18.3 Å². The fraction of sp³-hybridized carbons (Fsp3) is 0.367. The molecule has 1 aliphatic rings. The van der Waals surface area contributed by atoms with Crippen molar-refractivity contribution >= 4 is 11.8 Å². The maximum atomic E-state index is 14.2. The summed E-state index contributed by atoms with van der Waals surface area (Å²) in [5.41, 5.74) is 5.81. The van der Waals surface area contributed by atoms with Crippen LogP contribution in [0.2, 0.25) is 0 Å². The van der Waals surface area contributed by atoms with E-state index in [4.69, 9.17) is 10.5 Å². The Morgan fingerprint density at radius 2 is 1.85 bits per heavy atom. The molecule has 3 atom stereocenters. The highest BCUT2D eigenvalue weighted by atomic mass is 19.1. The molecule has 1 fully saturated rings. The Kier molecular flexibility index (Phi) is 9.11. The standard InChI is InChI=1S/C30H33F3N4O4/c1-30(2,3)41-29(40)37-11-5-7-25(37)28(39)36-24(14-17-12-19(31)16-20(32)13-17)26-21(6-4-10-35-26)18-8-9-23(33)22(15-18)27(34)38/h4,6,8-10,12-13,15-16,24-25,29,40H,5,7,11,14H2,1-3H3,(H2,34,38)(H,36,39). The number of primary amides is 1. The van der Waals surface area contributed by atoms with Crippen molar-refractivity contribution in [3.63, 3.8) is 0 Å². The van der Waals surface area contributed by atoms with E-state index >= 15 is 0 Å². The average Bonchev–Trinajstić information content (AvgIpc) is 3.37. The molecule has 2 heterocycles. The second kappa shape index (κ2) is 12.4. The van der Waals surface area contributed by atoms with E-state index in [1.807, 2.05) is 0 Å². The Morgan fingerprint density at radius 1 is 1.15 bits per heavy atom. The van der Waals surface area contributed by atoms with Crippen LogP contribution in [0.25, 0.3) is 11.1 Å². The average molecular weight is 571 g/mol. The van der Waals surface area contributed by atoms with E-state index in [0.717, 1.165) is 24.3 Å². The molecule has 4 N–H and O–H groups in total. The number of nitrogens with zero attached hydrogens (tertiary/aromatic N) is 2. The number of pyridine rings is 1. The molecule has 1 aliphatic heterocycles. The Bertz CT molecular complexity index is 1410. The zero-order valence-corrected chi connectivity index (χ0v) is 23.0. The maximum absolute atomic E-state index is 14.2. The van der Waals surface area contributed by atoms with Gasteiger partial charge in [0.2, 0.25) is 12.3 Å². The molecule has 2 aromatic carbocycles. The molecule has 218 valence electrons. The number of carbonyl (C=O) groups excluding carboxylic acids is 2. The molecule has 2 amide bonds. The number of nitrogens with two attached hydrogens (primary N) is 1. The monoisotopic (exact) mass is 570 g/mol. The summed E-state index contributed by atoms with van der Waals surface area (Å²) in [6.07, 6.45) is 1.23. The molecule has 0 radical (unpaired) electrons. The quantitative estimate of drug-likeness (QED) is 0.332. The van der Waals surface area contributed by atoms with E-state index < -0.39 is 53.4 Å². The SMILES string of the molecule is CC(C)(C)OC(O)N1CCCC1C(=O)NC(Cc1cc(F)cc(F)c1)c1ncccc1-c1ccc(F)c(C(N)=O)c1. The first-order valence-corrected chi connectivity index (χ1v) is 13.2. The van der Waals surface area contributed by atoms with Gasteiger partial charge in [0.1, 0.15) is 17.5 Å². The Labute approximate surface area is 236 Å². The minimum absolute atomic E-state index is 0.0396. The van der Waals surface area contributed by atoms with Crippen LogP contribution < -0.4 is 11.1 Å². The highest BCUT2D eigenvalue weighted by Crippen LogP contribution is 2.31. The van der Waals surface area contributed by atoms with Crippen molar-refractivity contribution in [3.8, 4) is 11.1 Å². The number of ether oxygens (including phenoxy) is 1. The van der Waals surface area contributed by atoms with Gasteiger partial charge in [-0.25, -0.2) is 18.1 Å². The van der Waals surface area contributed by atoms with Crippen molar-refractivity contribution in [2.45, 2.75) is 64.1 Å². The third-order valence-corrected chi connectivity index (χ3v) is 6.73. The fourth-order valence-electron chi connectivity index (χ4n) is 4.99. The maximum Gasteiger partial charge on any atom is 0.251 e. The number of likely N-dealkylation sites (tertiary alicyclic amines) is 1. The topological polar surface area (TPSA) is 118 Å². The lowest BCUT2D eigenvalue weighted by Crippen LogP contribution is -2.51. The summed E-state index contributed by atoms with van der Waals surface area (Å²) in [5.74, 6) is -3.73. The van der Waals surface area contributed by atoms with Crippen molar-refractivity contribution in [1.82, 2.24) is 15.2 Å². The number of aliphatic hydroxyl groups excluding tert-OH is 1. The molecule has 4 rings (SSSR count). The normalized spacial score (nSPS) is 17.3. The van der Waals surface area contributed by atoms with E-state index in [0.29, 0.717) is 36.2 Å². The first kappa shape index (κ1) is 30.2. The molecule has 0 aliphatic carbocycles. The first-order chi connectivity index (χ1) is 19.3. The lowest BCUT2D eigenvalue weighted by Gasteiger charge is -2.33. The second-order valence-corrected chi connectivity index (χ2v) is 11.0. The molecule has 0 bridgehead atoms. The number of amides is 2. The van der Waals surface area contributed by atoms with Crippen molar-refractivity contribution in [1.29, 1.82) is 0 Å². The lowest BCUT2D eigenvalue weighted by molar-refractivity contribution is -0.241. The molecule has 0 saturated carbocycles. The molecule has 11 heteroatoms. The van der Waals surface area contributed by atoms with Crippen LogP contribution in [0.5, 0.6) is 0 Å². The number of aromatic nitrogens is 1. The van der Waals surface area contributed by atoms with Gasteiger partial charge >= 0.3 is 0 Å². The summed E-state index contributed by atoms with van der Waals surface area (Å²) in [4.78, 5) is 31.5. The highest BCUT2D eigenvalue weighted by molar-refractivity contribution is 5.94. The molecule has 41 heavy (non-hydrogen) atoms. The van der Waals surface area contributed by atoms with Crippen LogP contribution in [0.1, 0.15) is 61.3 Å². The van der Waals surface area contributed by atoms with Crippen molar-refractivity contribution in [2.75, 3.05) is 6.54 Å². The Morgan fingerprint density at radius 3 is 2.51 bits per heavy atom. The van der Waals surface area contributed by atoms with Crippen LogP contribution in [0.4, 0.5) is 13.2 Å². The predicted molar refractivity (Wildman–Crippen MR) is 146 cm³/mol. The zero-order valence-electron chi connectivity index (χ0n) is 23.0. The lowest BCUT2D eigenvalue weighted by atomic mass is 9.94. The number of hydrogen-bond acceptors (Lipinski definition) is 6. The minimum atomic E-state index is -1.32. The number of hydrogen-bond donors (Lipinski definition) is 3. The number of rotatable bonds is 9. The van der Waals surface area contributed by atoms with E-state index in [-0.39, 0.29) is 17.5 Å². The first-order valence-electron chi connectivity index (χ1n) is 13.2. The number of nitrogens with one attached hydrogen (secondary N) is 1. The summed E-state index contributed by atoms with van der Waals surface area (Å²) < 4.78 is 48.1. The van der Waals surface area contributed by atoms with Gasteiger partial charge in [0, 0.05) is 24.4 Å². The summed E-state index contributed by atoms with van der Waals surface area (Å²) in [7, 11) is 0. The van der Waals surface area contributed by atoms with Gasteiger partial charge in [-0.3, -0.25) is 14.6 Å². The van der Waals surface area contributed by atoms with Crippen LogP contribution in [0.3, 0.4) is 0 Å². The van der Waals surface area contributed by atoms with E-state index in [2.05, 4.69) is 10.3 Å². The van der Waals surface area contributed by atoms with Gasteiger partial charge < -0.3 is 20.9 Å². The van der Waals surface area contributed by atoms with Crippen molar-refractivity contribution in [3.05, 3.63) is 89.0 Å². The van der Waals surface area contributed by atoms with Crippen LogP contribution in [-0.4, -0.2) is 51.4 Å². The highest BCUT2D eigenvalue weighted by Gasteiger charge is 2.38. The predicted octanol–water partition coefficient (Wildman–Crippen LogP) is 4.22. The largest absolute Gasteiger partial charge is 0.366 e. The summed E-state index contributed by atoms with van der Waals surface area (Å²) >= 11 is 0. The zero-order chi connectivity index (χ0) is 29.9. The molecular weight excluding hydrogens is 537 g/mol. The molecule has 3 unspecified atom stereocenters. The van der Waals surface area contributed by atoms with Gasteiger partial charge in [0.05, 0.1) is 28.9 Å². The fourth-order valence-corrected chi connectivity index (χ4v) is 4.99. The number of carbonyl (C=O) groups is 2. The number of aliphatic hydroxyl groups is 1. The minimum Gasteiger partial charge on any atom is -0.366 e. The number of halogens is 3. The third-order valence-electron chi connectivity index (χ3n) is 6.73. The van der Waals surface area contributed by atoms with Crippen molar-refractivity contribution < 1.29 is 32.6 Å². The van der Waals surface area contributed by atoms with Crippen LogP contribution in [0, 0.1) is 17.5 Å². The Hall–Kier alpha value is -3.80. The molecule has 1 saturated heterocycles. The summed E-state index contributed by atoms with van der Waals surface area (Å²) in [5, 5.41) is 13.6. The second-order valence-electron chi connectivity index (χ2n) is 11.0. The number of benzene rings is 2. The van der Waals surface area contributed by atoms with Gasteiger partial charge in [0.15, 0.2) is 0 Å². The smallest absolute Gasteiger partial charge is 0.251 e. The van der Waals surface area contributed by atoms with Gasteiger partial charge in [0.25, 0.3) is 5.91 Å². The molecule has 1 aromatic heterocycles. The van der Waals surface area contributed by atoms with E-state index in [1.54, 1.807) is 37.8 Å². The summed E-state index contributed by atoms with van der Waals surface area (Å²) in [6, 6.07) is 8.59. The van der Waals surface area contributed by atoms with Gasteiger partial charge in [-0.15, -0.1) is 0 Å².